The highest BCUT2D eigenvalue weighted by atomic mass is 32.1. The normalized spacial score (nSPS) is 11.1. The highest BCUT2D eigenvalue weighted by molar-refractivity contribution is 7.11. The minimum absolute atomic E-state index is 0.128. The summed E-state index contributed by atoms with van der Waals surface area (Å²) in [5.41, 5.74) is 4.21. The topological polar surface area (TPSA) is 52.9 Å². The SMILES string of the molecule is CCc1cccc(CC)c1NC(=O)/C(C#N)=C\c1sccc1C. The third-order valence-corrected chi connectivity index (χ3v) is 4.75. The van der Waals surface area contributed by atoms with E-state index in [1.165, 1.54) is 11.3 Å². The molecule has 1 N–H and O–H groups in total. The van der Waals surface area contributed by atoms with E-state index in [2.05, 4.69) is 19.2 Å². The lowest BCUT2D eigenvalue weighted by Gasteiger charge is -2.14. The van der Waals surface area contributed by atoms with Gasteiger partial charge < -0.3 is 5.32 Å². The van der Waals surface area contributed by atoms with Gasteiger partial charge in [0, 0.05) is 10.6 Å². The maximum Gasteiger partial charge on any atom is 0.266 e. The minimum Gasteiger partial charge on any atom is -0.321 e. The van der Waals surface area contributed by atoms with Gasteiger partial charge in [-0.3, -0.25) is 4.79 Å². The zero-order valence-electron chi connectivity index (χ0n) is 13.6. The Bertz CT molecular complexity index is 759. The first-order valence-electron chi connectivity index (χ1n) is 7.68. The summed E-state index contributed by atoms with van der Waals surface area (Å²) in [6, 6.07) is 10.0. The summed E-state index contributed by atoms with van der Waals surface area (Å²) in [4.78, 5) is 13.5. The number of thiophene rings is 1. The van der Waals surface area contributed by atoms with Crippen LogP contribution in [0.5, 0.6) is 0 Å². The molecule has 23 heavy (non-hydrogen) atoms. The van der Waals surface area contributed by atoms with Gasteiger partial charge in [0.1, 0.15) is 11.6 Å². The molecule has 0 aliphatic rings. The summed E-state index contributed by atoms with van der Waals surface area (Å²) in [7, 11) is 0. The van der Waals surface area contributed by atoms with Crippen molar-refractivity contribution in [2.75, 3.05) is 5.32 Å². The van der Waals surface area contributed by atoms with Crippen LogP contribution in [-0.4, -0.2) is 5.91 Å². The van der Waals surface area contributed by atoms with E-state index in [0.717, 1.165) is 40.1 Å². The number of nitrogens with zero attached hydrogens (tertiary/aromatic N) is 1. The van der Waals surface area contributed by atoms with Crippen molar-refractivity contribution < 1.29 is 4.79 Å². The first-order chi connectivity index (χ1) is 11.1. The molecule has 1 heterocycles. The van der Waals surface area contributed by atoms with Gasteiger partial charge in [0.2, 0.25) is 0 Å². The Morgan fingerprint density at radius 1 is 1.26 bits per heavy atom. The number of nitrogens with one attached hydrogen (secondary N) is 1. The molecule has 4 heteroatoms. The molecule has 2 aromatic rings. The number of aryl methyl sites for hydroxylation is 3. The smallest absolute Gasteiger partial charge is 0.266 e. The Morgan fingerprint density at radius 3 is 2.39 bits per heavy atom. The van der Waals surface area contributed by atoms with Crippen molar-refractivity contribution in [2.24, 2.45) is 0 Å². The molecule has 0 aliphatic heterocycles. The number of anilines is 1. The molecule has 0 bridgehead atoms. The molecule has 1 aromatic heterocycles. The lowest BCUT2D eigenvalue weighted by Crippen LogP contribution is -2.16. The van der Waals surface area contributed by atoms with Gasteiger partial charge in [-0.2, -0.15) is 5.26 Å². The highest BCUT2D eigenvalue weighted by Gasteiger charge is 2.14. The molecule has 0 radical (unpaired) electrons. The molecule has 1 amide bonds. The molecule has 118 valence electrons. The first kappa shape index (κ1) is 17.0. The van der Waals surface area contributed by atoms with E-state index in [1.807, 2.05) is 42.6 Å². The fraction of sp³-hybridized carbons (Fsp3) is 0.263. The Labute approximate surface area is 141 Å². The Kier molecular flexibility index (Phi) is 5.72. The summed E-state index contributed by atoms with van der Waals surface area (Å²) < 4.78 is 0. The van der Waals surface area contributed by atoms with Crippen LogP contribution in [0.2, 0.25) is 0 Å². The molecule has 0 aliphatic carbocycles. The van der Waals surface area contributed by atoms with Crippen molar-refractivity contribution in [3.63, 3.8) is 0 Å². The van der Waals surface area contributed by atoms with Crippen LogP contribution in [0, 0.1) is 18.3 Å². The van der Waals surface area contributed by atoms with Crippen LogP contribution >= 0.6 is 11.3 Å². The molecule has 0 spiro atoms. The van der Waals surface area contributed by atoms with E-state index < -0.39 is 0 Å². The van der Waals surface area contributed by atoms with Gasteiger partial charge in [-0.15, -0.1) is 11.3 Å². The van der Waals surface area contributed by atoms with Crippen LogP contribution in [0.15, 0.2) is 35.2 Å². The average molecular weight is 324 g/mol. The second-order valence-corrected chi connectivity index (χ2v) is 6.20. The van der Waals surface area contributed by atoms with Crippen molar-refractivity contribution >= 4 is 29.0 Å². The second kappa shape index (κ2) is 7.75. The number of nitriles is 1. The van der Waals surface area contributed by atoms with Crippen LogP contribution in [0.1, 0.15) is 35.4 Å². The predicted octanol–water partition coefficient (Wildman–Crippen LogP) is 4.73. The molecular formula is C19H20N2OS. The molecular weight excluding hydrogens is 304 g/mol. The maximum absolute atomic E-state index is 12.5. The molecule has 0 fully saturated rings. The molecule has 0 saturated carbocycles. The van der Waals surface area contributed by atoms with Crippen LogP contribution in [0.3, 0.4) is 0 Å². The number of hydrogen-bond donors (Lipinski definition) is 1. The predicted molar refractivity (Wildman–Crippen MR) is 96.5 cm³/mol. The van der Waals surface area contributed by atoms with Crippen LogP contribution in [-0.2, 0) is 17.6 Å². The first-order valence-corrected chi connectivity index (χ1v) is 8.56. The van der Waals surface area contributed by atoms with Crippen molar-refractivity contribution in [1.82, 2.24) is 0 Å². The van der Waals surface area contributed by atoms with Gasteiger partial charge in [0.05, 0.1) is 0 Å². The number of rotatable bonds is 5. The van der Waals surface area contributed by atoms with Crippen LogP contribution < -0.4 is 5.32 Å². The summed E-state index contributed by atoms with van der Waals surface area (Å²) >= 11 is 1.52. The van der Waals surface area contributed by atoms with Crippen molar-refractivity contribution in [3.05, 3.63) is 56.8 Å². The van der Waals surface area contributed by atoms with Crippen molar-refractivity contribution in [3.8, 4) is 6.07 Å². The molecule has 0 atom stereocenters. The van der Waals surface area contributed by atoms with E-state index in [1.54, 1.807) is 6.08 Å². The van der Waals surface area contributed by atoms with E-state index in [9.17, 15) is 10.1 Å². The van der Waals surface area contributed by atoms with E-state index >= 15 is 0 Å². The second-order valence-electron chi connectivity index (χ2n) is 5.25. The molecule has 1 aromatic carbocycles. The summed E-state index contributed by atoms with van der Waals surface area (Å²) in [6.45, 7) is 6.08. The zero-order chi connectivity index (χ0) is 16.8. The number of hydrogen-bond acceptors (Lipinski definition) is 3. The monoisotopic (exact) mass is 324 g/mol. The molecule has 0 unspecified atom stereocenters. The minimum atomic E-state index is -0.351. The van der Waals surface area contributed by atoms with Crippen molar-refractivity contribution in [2.45, 2.75) is 33.6 Å². The van der Waals surface area contributed by atoms with Gasteiger partial charge >= 0.3 is 0 Å². The zero-order valence-corrected chi connectivity index (χ0v) is 14.5. The van der Waals surface area contributed by atoms with Gasteiger partial charge in [0.25, 0.3) is 5.91 Å². The van der Waals surface area contributed by atoms with E-state index in [4.69, 9.17) is 0 Å². The van der Waals surface area contributed by atoms with Gasteiger partial charge in [0.15, 0.2) is 0 Å². The average Bonchev–Trinajstić information content (AvgIpc) is 2.97. The summed E-state index contributed by atoms with van der Waals surface area (Å²) in [5, 5.41) is 14.2. The lowest BCUT2D eigenvalue weighted by molar-refractivity contribution is -0.112. The fourth-order valence-electron chi connectivity index (χ4n) is 2.40. The van der Waals surface area contributed by atoms with Crippen LogP contribution in [0.4, 0.5) is 5.69 Å². The third kappa shape index (κ3) is 3.88. The summed E-state index contributed by atoms with van der Waals surface area (Å²) in [6.07, 6.45) is 3.33. The standard InChI is InChI=1S/C19H20N2OS/c1-4-14-7-6-8-15(5-2)18(14)21-19(22)16(12-20)11-17-13(3)9-10-23-17/h6-11H,4-5H2,1-3H3,(H,21,22)/b16-11-. The third-order valence-electron chi connectivity index (χ3n) is 3.78. The van der Waals surface area contributed by atoms with Crippen LogP contribution in [0.25, 0.3) is 6.08 Å². The Hall–Kier alpha value is -2.38. The maximum atomic E-state index is 12.5. The lowest BCUT2D eigenvalue weighted by atomic mass is 10.0. The Morgan fingerprint density at radius 2 is 1.91 bits per heavy atom. The molecule has 0 saturated heterocycles. The summed E-state index contributed by atoms with van der Waals surface area (Å²) in [5.74, 6) is -0.351. The quantitative estimate of drug-likeness (QED) is 0.638. The number of amides is 1. The van der Waals surface area contributed by atoms with Gasteiger partial charge in [-0.25, -0.2) is 0 Å². The number of para-hydroxylation sites is 1. The van der Waals surface area contributed by atoms with E-state index in [0.29, 0.717) is 0 Å². The number of benzene rings is 1. The van der Waals surface area contributed by atoms with Crippen molar-refractivity contribution in [1.29, 1.82) is 5.26 Å². The number of carbonyl (C=O) groups is 1. The van der Waals surface area contributed by atoms with Gasteiger partial charge in [-0.1, -0.05) is 32.0 Å². The Balaban J connectivity index is 2.33. The highest BCUT2D eigenvalue weighted by Crippen LogP contribution is 2.24. The molecule has 3 nitrogen and oxygen atoms in total. The fourth-order valence-corrected chi connectivity index (χ4v) is 3.25. The number of carbonyl (C=O) groups excluding carboxylic acids is 1. The van der Waals surface area contributed by atoms with Gasteiger partial charge in [-0.05, 0) is 54.0 Å². The molecule has 2 rings (SSSR count). The largest absolute Gasteiger partial charge is 0.321 e. The van der Waals surface area contributed by atoms with E-state index in [-0.39, 0.29) is 11.5 Å².